The fourth-order valence-electron chi connectivity index (χ4n) is 4.80. The number of likely N-dealkylation sites (tertiary alicyclic amines) is 1. The molecule has 0 unspecified atom stereocenters. The number of aromatic nitrogens is 1. The van der Waals surface area contributed by atoms with Gasteiger partial charge in [-0.25, -0.2) is 19.6 Å². The lowest BCUT2D eigenvalue weighted by Crippen LogP contribution is -2.53. The van der Waals surface area contributed by atoms with Crippen LogP contribution in [0.3, 0.4) is 0 Å². The highest BCUT2D eigenvalue weighted by Gasteiger charge is 2.45. The Labute approximate surface area is 211 Å². The number of hydrogen-bond donors (Lipinski definition) is 2. The molecule has 3 N–H and O–H groups in total. The van der Waals surface area contributed by atoms with Crippen LogP contribution in [0.5, 0.6) is 0 Å². The van der Waals surface area contributed by atoms with E-state index in [1.54, 1.807) is 23.6 Å². The van der Waals surface area contributed by atoms with E-state index in [1.165, 1.54) is 31.3 Å². The standard InChI is InChI=1S/C25H24ClF2N5OS/c1-25(2,28)21(16-7-14(10-29)8-19(27)9-16)17-11-33(12-17)22(15-3-5-18(26)6-4-15)24-31-20(13-35-24)23(34)32-30/h3-9,13,17,21-22H,11-12,30H2,1-2H3,(H,32,34)/t21-,22+/m0/s1. The molecule has 1 aliphatic heterocycles. The molecule has 4 rings (SSSR count). The van der Waals surface area contributed by atoms with Crippen LogP contribution in [0.2, 0.25) is 5.02 Å². The van der Waals surface area contributed by atoms with E-state index in [-0.39, 0.29) is 23.2 Å². The first-order chi connectivity index (χ1) is 16.6. The topological polar surface area (TPSA) is 95.0 Å². The number of nitrogens with one attached hydrogen (secondary N) is 1. The fourth-order valence-corrected chi connectivity index (χ4v) is 5.89. The second-order valence-electron chi connectivity index (χ2n) is 9.14. The van der Waals surface area contributed by atoms with E-state index in [0.717, 1.165) is 11.6 Å². The minimum absolute atomic E-state index is 0.120. The molecule has 1 aliphatic rings. The summed E-state index contributed by atoms with van der Waals surface area (Å²) >= 11 is 7.42. The highest BCUT2D eigenvalue weighted by atomic mass is 35.5. The Hall–Kier alpha value is -2.90. The van der Waals surface area contributed by atoms with Gasteiger partial charge in [-0.3, -0.25) is 15.1 Å². The number of thiazole rings is 1. The van der Waals surface area contributed by atoms with Gasteiger partial charge in [0.15, 0.2) is 0 Å². The summed E-state index contributed by atoms with van der Waals surface area (Å²) < 4.78 is 29.6. The first kappa shape index (κ1) is 25.2. The minimum atomic E-state index is -1.64. The number of amides is 1. The van der Waals surface area contributed by atoms with Crippen LogP contribution in [-0.4, -0.2) is 34.5 Å². The molecule has 10 heteroatoms. The van der Waals surface area contributed by atoms with E-state index < -0.39 is 23.3 Å². The largest absolute Gasteiger partial charge is 0.290 e. The number of rotatable bonds is 7. The van der Waals surface area contributed by atoms with Gasteiger partial charge in [0.1, 0.15) is 22.2 Å². The van der Waals surface area contributed by atoms with Gasteiger partial charge in [-0.15, -0.1) is 11.3 Å². The molecule has 2 atom stereocenters. The Morgan fingerprint density at radius 2 is 1.97 bits per heavy atom. The Bertz CT molecular complexity index is 1260. The van der Waals surface area contributed by atoms with Crippen molar-refractivity contribution in [1.29, 1.82) is 5.26 Å². The molecule has 2 aromatic carbocycles. The van der Waals surface area contributed by atoms with E-state index in [9.17, 15) is 14.4 Å². The number of halogens is 3. The predicted octanol–water partition coefficient (Wildman–Crippen LogP) is 4.96. The van der Waals surface area contributed by atoms with Gasteiger partial charge in [-0.2, -0.15) is 5.26 Å². The van der Waals surface area contributed by atoms with Gasteiger partial charge in [0.05, 0.1) is 17.7 Å². The second kappa shape index (κ2) is 9.99. The highest BCUT2D eigenvalue weighted by molar-refractivity contribution is 7.10. The van der Waals surface area contributed by atoms with Crippen molar-refractivity contribution in [2.45, 2.75) is 31.5 Å². The van der Waals surface area contributed by atoms with Crippen molar-refractivity contribution in [3.8, 4) is 6.07 Å². The number of carbonyl (C=O) groups is 1. The molecule has 3 aromatic rings. The van der Waals surface area contributed by atoms with E-state index in [4.69, 9.17) is 17.4 Å². The van der Waals surface area contributed by atoms with Gasteiger partial charge in [0.2, 0.25) is 0 Å². The molecule has 1 saturated heterocycles. The van der Waals surface area contributed by atoms with E-state index in [1.807, 2.05) is 18.2 Å². The molecule has 6 nitrogen and oxygen atoms in total. The van der Waals surface area contributed by atoms with Crippen LogP contribution in [0.15, 0.2) is 47.8 Å². The normalized spacial score (nSPS) is 16.3. The number of benzene rings is 2. The van der Waals surface area contributed by atoms with Gasteiger partial charge in [0, 0.05) is 29.4 Å². The summed E-state index contributed by atoms with van der Waals surface area (Å²) in [5.41, 5.74) is 2.23. The van der Waals surface area contributed by atoms with Crippen LogP contribution >= 0.6 is 22.9 Å². The van der Waals surface area contributed by atoms with E-state index in [2.05, 4.69) is 15.3 Å². The SMILES string of the molecule is CC(C)(F)[C@@H](c1cc(F)cc(C#N)c1)C1CN([C@H](c2ccc(Cl)cc2)c2nc(C(=O)NN)cs2)C1. The third kappa shape index (κ3) is 5.36. The number of hydrazine groups is 1. The fraction of sp³-hybridized carbons (Fsp3) is 0.320. The number of carbonyl (C=O) groups excluding carboxylic acids is 1. The molecule has 0 bridgehead atoms. The zero-order valence-electron chi connectivity index (χ0n) is 19.1. The summed E-state index contributed by atoms with van der Waals surface area (Å²) in [7, 11) is 0. The van der Waals surface area contributed by atoms with Crippen LogP contribution in [0.25, 0.3) is 0 Å². The quantitative estimate of drug-likeness (QED) is 0.263. The molecule has 0 spiro atoms. The first-order valence-corrected chi connectivity index (χ1v) is 12.2. The Balaban J connectivity index is 1.65. The summed E-state index contributed by atoms with van der Waals surface area (Å²) in [5.74, 6) is 3.48. The lowest BCUT2D eigenvalue weighted by molar-refractivity contribution is 0.00805. The van der Waals surface area contributed by atoms with Crippen LogP contribution < -0.4 is 11.3 Å². The van der Waals surface area contributed by atoms with Crippen molar-refractivity contribution in [1.82, 2.24) is 15.3 Å². The molecule has 1 fully saturated rings. The van der Waals surface area contributed by atoms with Gasteiger partial charge >= 0.3 is 0 Å². The van der Waals surface area contributed by atoms with Crippen molar-refractivity contribution in [2.24, 2.45) is 11.8 Å². The summed E-state index contributed by atoms with van der Waals surface area (Å²) in [6, 6.07) is 13.0. The smallest absolute Gasteiger partial charge is 0.284 e. The molecule has 1 amide bonds. The third-order valence-corrected chi connectivity index (χ3v) is 7.38. The van der Waals surface area contributed by atoms with Crippen LogP contribution in [0, 0.1) is 23.1 Å². The van der Waals surface area contributed by atoms with Crippen molar-refractivity contribution in [3.05, 3.63) is 86.1 Å². The number of nitrogen functional groups attached to an aromatic ring is 1. The first-order valence-electron chi connectivity index (χ1n) is 11.0. The third-order valence-electron chi connectivity index (χ3n) is 6.23. The summed E-state index contributed by atoms with van der Waals surface area (Å²) in [4.78, 5) is 18.6. The Kier molecular flexibility index (Phi) is 7.20. The average Bonchev–Trinajstić information content (AvgIpc) is 3.26. The second-order valence-corrected chi connectivity index (χ2v) is 10.5. The molecule has 0 radical (unpaired) electrons. The molecule has 182 valence electrons. The molecule has 0 saturated carbocycles. The van der Waals surface area contributed by atoms with E-state index in [0.29, 0.717) is 28.7 Å². The van der Waals surface area contributed by atoms with Gasteiger partial charge < -0.3 is 0 Å². The number of alkyl halides is 1. The maximum absolute atomic E-state index is 15.4. The van der Waals surface area contributed by atoms with Gasteiger partial charge in [-0.1, -0.05) is 23.7 Å². The maximum Gasteiger partial charge on any atom is 0.284 e. The minimum Gasteiger partial charge on any atom is -0.290 e. The van der Waals surface area contributed by atoms with Crippen molar-refractivity contribution in [2.75, 3.05) is 13.1 Å². The number of nitrogens with zero attached hydrogens (tertiary/aromatic N) is 3. The lowest BCUT2D eigenvalue weighted by atomic mass is 9.72. The average molecular weight is 516 g/mol. The predicted molar refractivity (Wildman–Crippen MR) is 131 cm³/mol. The molecule has 2 heterocycles. The summed E-state index contributed by atoms with van der Waals surface area (Å²) in [6.45, 7) is 3.99. The number of nitriles is 1. The van der Waals surface area contributed by atoms with Crippen LogP contribution in [-0.2, 0) is 0 Å². The highest BCUT2D eigenvalue weighted by Crippen LogP contribution is 2.46. The van der Waals surface area contributed by atoms with Crippen molar-refractivity contribution >= 4 is 28.8 Å². The van der Waals surface area contributed by atoms with Crippen LogP contribution in [0.1, 0.15) is 58.0 Å². The maximum atomic E-state index is 15.4. The summed E-state index contributed by atoms with van der Waals surface area (Å²) in [5, 5.41) is 12.2. The Morgan fingerprint density at radius 3 is 2.57 bits per heavy atom. The zero-order valence-corrected chi connectivity index (χ0v) is 20.7. The molecular weight excluding hydrogens is 492 g/mol. The zero-order chi connectivity index (χ0) is 25.3. The van der Waals surface area contributed by atoms with Crippen LogP contribution in [0.4, 0.5) is 8.78 Å². The molecular formula is C25H24ClF2N5OS. The van der Waals surface area contributed by atoms with Crippen molar-refractivity contribution in [3.63, 3.8) is 0 Å². The van der Waals surface area contributed by atoms with E-state index >= 15 is 4.39 Å². The molecule has 35 heavy (non-hydrogen) atoms. The Morgan fingerprint density at radius 1 is 1.29 bits per heavy atom. The lowest BCUT2D eigenvalue weighted by Gasteiger charge is -2.49. The van der Waals surface area contributed by atoms with Gasteiger partial charge in [-0.05, 0) is 61.2 Å². The van der Waals surface area contributed by atoms with Crippen molar-refractivity contribution < 1.29 is 13.6 Å². The number of hydrogen-bond acceptors (Lipinski definition) is 6. The van der Waals surface area contributed by atoms with Gasteiger partial charge in [0.25, 0.3) is 5.91 Å². The number of nitrogens with two attached hydrogens (primary N) is 1. The molecule has 1 aromatic heterocycles. The summed E-state index contributed by atoms with van der Waals surface area (Å²) in [6.07, 6.45) is 0. The molecule has 0 aliphatic carbocycles. The monoisotopic (exact) mass is 515 g/mol.